The summed E-state index contributed by atoms with van der Waals surface area (Å²) in [6.45, 7) is 7.27. The van der Waals surface area contributed by atoms with Crippen LogP contribution in [0, 0.1) is 0 Å². The molecule has 0 radical (unpaired) electrons. The average Bonchev–Trinajstić information content (AvgIpc) is 2.44. The molecule has 0 spiro atoms. The fraction of sp³-hybridized carbons (Fsp3) is 0.556. The van der Waals surface area contributed by atoms with Crippen LogP contribution >= 0.6 is 0 Å². The van der Waals surface area contributed by atoms with Gasteiger partial charge in [-0.3, -0.25) is 9.69 Å². The molecule has 0 bridgehead atoms. The summed E-state index contributed by atoms with van der Waals surface area (Å²) in [5.74, 6) is -0.815. The number of carbonyl (C=O) groups is 2. The molecule has 1 amide bonds. The number of aromatic hydroxyl groups is 1. The van der Waals surface area contributed by atoms with Crippen molar-refractivity contribution in [3.8, 4) is 11.5 Å². The number of carboxylic acids is 1. The summed E-state index contributed by atoms with van der Waals surface area (Å²) in [6, 6.07) is 3.17. The Kier molecular flexibility index (Phi) is 4.88. The van der Waals surface area contributed by atoms with Gasteiger partial charge >= 0.3 is 12.1 Å². The second-order valence-electron chi connectivity index (χ2n) is 7.41. The Bertz CT molecular complexity index is 694. The Hall–Kier alpha value is -2.44. The molecule has 0 aliphatic carbocycles. The molecule has 2 rings (SSSR count). The normalized spacial score (nSPS) is 20.0. The van der Waals surface area contributed by atoms with E-state index in [1.807, 2.05) is 0 Å². The molecule has 1 aliphatic heterocycles. The van der Waals surface area contributed by atoms with Crippen molar-refractivity contribution in [1.29, 1.82) is 0 Å². The average molecular weight is 351 g/mol. The van der Waals surface area contributed by atoms with E-state index in [4.69, 9.17) is 9.47 Å². The standard InChI is InChI=1S/C18H25NO6/c1-17(2,3)25-16(23)19-7-6-11-8-14(24-5)13(20)9-12(11)18(19,4)10-15(21)22/h8-9,20H,6-7,10H2,1-5H3,(H,21,22)/t18-/m1/s1. The molecular formula is C18H25NO6. The van der Waals surface area contributed by atoms with Crippen LogP contribution in [-0.4, -0.2) is 46.4 Å². The molecule has 7 heteroatoms. The zero-order chi connectivity index (χ0) is 19.0. The van der Waals surface area contributed by atoms with E-state index in [1.165, 1.54) is 18.1 Å². The first-order chi connectivity index (χ1) is 11.5. The second-order valence-corrected chi connectivity index (χ2v) is 7.41. The van der Waals surface area contributed by atoms with Crippen molar-refractivity contribution in [2.75, 3.05) is 13.7 Å². The number of nitrogens with zero attached hydrogens (tertiary/aromatic N) is 1. The van der Waals surface area contributed by atoms with Gasteiger partial charge in [0.05, 0.1) is 19.1 Å². The third-order valence-corrected chi connectivity index (χ3v) is 4.29. The summed E-state index contributed by atoms with van der Waals surface area (Å²) in [6.07, 6.45) is -0.358. The third kappa shape index (κ3) is 3.81. The van der Waals surface area contributed by atoms with Crippen LogP contribution in [0.2, 0.25) is 0 Å². The summed E-state index contributed by atoms with van der Waals surface area (Å²) >= 11 is 0. The molecule has 25 heavy (non-hydrogen) atoms. The molecular weight excluding hydrogens is 326 g/mol. The smallest absolute Gasteiger partial charge is 0.411 e. The van der Waals surface area contributed by atoms with Crippen LogP contribution in [0.4, 0.5) is 4.79 Å². The lowest BCUT2D eigenvalue weighted by Crippen LogP contribution is -2.54. The van der Waals surface area contributed by atoms with E-state index >= 15 is 0 Å². The fourth-order valence-electron chi connectivity index (χ4n) is 3.20. The number of hydrogen-bond donors (Lipinski definition) is 2. The molecule has 138 valence electrons. The number of phenols is 1. The molecule has 2 N–H and O–H groups in total. The summed E-state index contributed by atoms with van der Waals surface area (Å²) in [5.41, 5.74) is -0.391. The van der Waals surface area contributed by atoms with E-state index in [2.05, 4.69) is 0 Å². The number of phenolic OH excluding ortho intramolecular Hbond substituents is 1. The monoisotopic (exact) mass is 351 g/mol. The van der Waals surface area contributed by atoms with Crippen molar-refractivity contribution in [2.24, 2.45) is 0 Å². The minimum Gasteiger partial charge on any atom is -0.504 e. The molecule has 0 aromatic heterocycles. The van der Waals surface area contributed by atoms with E-state index in [0.717, 1.165) is 5.56 Å². The Labute approximate surface area is 147 Å². The van der Waals surface area contributed by atoms with Crippen molar-refractivity contribution in [1.82, 2.24) is 4.90 Å². The summed E-state index contributed by atoms with van der Waals surface area (Å²) in [5, 5.41) is 19.5. The Morgan fingerprint density at radius 3 is 2.48 bits per heavy atom. The largest absolute Gasteiger partial charge is 0.504 e. The number of carbonyl (C=O) groups excluding carboxylic acids is 1. The van der Waals surface area contributed by atoms with Crippen molar-refractivity contribution >= 4 is 12.1 Å². The number of benzene rings is 1. The maximum Gasteiger partial charge on any atom is 0.411 e. The predicted molar refractivity (Wildman–Crippen MR) is 90.9 cm³/mol. The first-order valence-corrected chi connectivity index (χ1v) is 8.10. The Balaban J connectivity index is 2.52. The first kappa shape index (κ1) is 18.9. The number of hydrogen-bond acceptors (Lipinski definition) is 5. The minimum atomic E-state index is -1.13. The summed E-state index contributed by atoms with van der Waals surface area (Å²) < 4.78 is 10.6. The zero-order valence-electron chi connectivity index (χ0n) is 15.3. The number of fused-ring (bicyclic) bond motifs is 1. The van der Waals surface area contributed by atoms with E-state index in [1.54, 1.807) is 33.8 Å². The highest BCUT2D eigenvalue weighted by Crippen LogP contribution is 2.43. The number of ether oxygens (including phenoxy) is 2. The molecule has 1 atom stereocenters. The van der Waals surface area contributed by atoms with Gasteiger partial charge in [0.15, 0.2) is 11.5 Å². The zero-order valence-corrected chi connectivity index (χ0v) is 15.3. The van der Waals surface area contributed by atoms with Crippen LogP contribution in [0.25, 0.3) is 0 Å². The van der Waals surface area contributed by atoms with Crippen LogP contribution in [0.15, 0.2) is 12.1 Å². The van der Waals surface area contributed by atoms with Gasteiger partial charge in [-0.2, -0.15) is 0 Å². The second kappa shape index (κ2) is 6.46. The van der Waals surface area contributed by atoms with E-state index in [9.17, 15) is 19.8 Å². The molecule has 1 heterocycles. The van der Waals surface area contributed by atoms with Crippen LogP contribution in [0.1, 0.15) is 45.2 Å². The minimum absolute atomic E-state index is 0.0936. The first-order valence-electron chi connectivity index (χ1n) is 8.10. The van der Waals surface area contributed by atoms with Gasteiger partial charge < -0.3 is 19.7 Å². The van der Waals surface area contributed by atoms with Gasteiger partial charge in [0.25, 0.3) is 0 Å². The van der Waals surface area contributed by atoms with Crippen molar-refractivity contribution in [2.45, 2.75) is 51.7 Å². The lowest BCUT2D eigenvalue weighted by atomic mass is 9.79. The number of rotatable bonds is 3. The number of carboxylic acid groups (broad SMARTS) is 1. The van der Waals surface area contributed by atoms with E-state index < -0.39 is 23.2 Å². The van der Waals surface area contributed by atoms with Gasteiger partial charge in [-0.25, -0.2) is 4.79 Å². The predicted octanol–water partition coefficient (Wildman–Crippen LogP) is 2.88. The van der Waals surface area contributed by atoms with Gasteiger partial charge in [-0.05, 0) is 57.4 Å². The lowest BCUT2D eigenvalue weighted by molar-refractivity contribution is -0.140. The maximum atomic E-state index is 12.7. The lowest BCUT2D eigenvalue weighted by Gasteiger charge is -2.45. The summed E-state index contributed by atoms with van der Waals surface area (Å²) in [4.78, 5) is 25.6. The van der Waals surface area contributed by atoms with Crippen LogP contribution in [0.5, 0.6) is 11.5 Å². The van der Waals surface area contributed by atoms with E-state index in [0.29, 0.717) is 24.3 Å². The van der Waals surface area contributed by atoms with Crippen LogP contribution < -0.4 is 4.74 Å². The SMILES string of the molecule is COc1cc2c(cc1O)[C@@](C)(CC(=O)O)N(C(=O)OC(C)(C)C)CC2. The Morgan fingerprint density at radius 2 is 1.96 bits per heavy atom. The van der Waals surface area contributed by atoms with Gasteiger partial charge in [-0.1, -0.05) is 0 Å². The number of methoxy groups -OCH3 is 1. The van der Waals surface area contributed by atoms with E-state index in [-0.39, 0.29) is 12.2 Å². The highest BCUT2D eigenvalue weighted by molar-refractivity contribution is 5.75. The maximum absolute atomic E-state index is 12.7. The summed E-state index contributed by atoms with van der Waals surface area (Å²) in [7, 11) is 1.45. The molecule has 1 aromatic carbocycles. The van der Waals surface area contributed by atoms with Crippen LogP contribution in [0.3, 0.4) is 0 Å². The van der Waals surface area contributed by atoms with Crippen molar-refractivity contribution < 1.29 is 29.3 Å². The van der Waals surface area contributed by atoms with Crippen molar-refractivity contribution in [3.63, 3.8) is 0 Å². The van der Waals surface area contributed by atoms with Gasteiger partial charge in [-0.15, -0.1) is 0 Å². The van der Waals surface area contributed by atoms with Crippen molar-refractivity contribution in [3.05, 3.63) is 23.3 Å². The number of amides is 1. The molecule has 0 saturated heterocycles. The quantitative estimate of drug-likeness (QED) is 0.869. The van der Waals surface area contributed by atoms with Gasteiger partial charge in [0, 0.05) is 6.54 Å². The highest BCUT2D eigenvalue weighted by atomic mass is 16.6. The Morgan fingerprint density at radius 1 is 1.32 bits per heavy atom. The van der Waals surface area contributed by atoms with Gasteiger partial charge in [0.2, 0.25) is 0 Å². The number of aliphatic carboxylic acids is 1. The third-order valence-electron chi connectivity index (χ3n) is 4.29. The molecule has 0 fully saturated rings. The fourth-order valence-corrected chi connectivity index (χ4v) is 3.20. The molecule has 1 aliphatic rings. The molecule has 0 saturated carbocycles. The van der Waals surface area contributed by atoms with Gasteiger partial charge in [0.1, 0.15) is 5.60 Å². The molecule has 1 aromatic rings. The highest BCUT2D eigenvalue weighted by Gasteiger charge is 2.45. The molecule has 7 nitrogen and oxygen atoms in total. The van der Waals surface area contributed by atoms with Crippen LogP contribution in [-0.2, 0) is 21.5 Å². The topological polar surface area (TPSA) is 96.3 Å². The molecule has 0 unspecified atom stereocenters.